The van der Waals surface area contributed by atoms with Crippen LogP contribution >= 0.6 is 0 Å². The van der Waals surface area contributed by atoms with Gasteiger partial charge >= 0.3 is 0 Å². The van der Waals surface area contributed by atoms with E-state index in [1.54, 1.807) is 0 Å². The van der Waals surface area contributed by atoms with Gasteiger partial charge in [0.05, 0.1) is 5.60 Å². The minimum atomic E-state index is -0.590. The molecule has 17 heavy (non-hydrogen) atoms. The third kappa shape index (κ3) is 2.51. The highest BCUT2D eigenvalue weighted by atomic mass is 16.5. The van der Waals surface area contributed by atoms with Crippen LogP contribution in [0.2, 0.25) is 0 Å². The Hall–Kier alpha value is -0.120. The van der Waals surface area contributed by atoms with Crippen molar-refractivity contribution < 1.29 is 9.84 Å². The van der Waals surface area contributed by atoms with Gasteiger partial charge in [0.1, 0.15) is 0 Å². The van der Waals surface area contributed by atoms with Crippen LogP contribution in [-0.4, -0.2) is 30.5 Å². The van der Waals surface area contributed by atoms with Gasteiger partial charge in [-0.15, -0.1) is 0 Å². The molecular weight excluding hydrogens is 214 g/mol. The zero-order valence-electron chi connectivity index (χ0n) is 11.1. The predicted molar refractivity (Wildman–Crippen MR) is 68.7 cm³/mol. The van der Waals surface area contributed by atoms with Crippen molar-refractivity contribution in [2.75, 3.05) is 19.8 Å². The lowest BCUT2D eigenvalue weighted by atomic mass is 9.59. The molecule has 2 fully saturated rings. The maximum atomic E-state index is 11.1. The van der Waals surface area contributed by atoms with E-state index in [1.807, 2.05) is 0 Å². The molecule has 0 radical (unpaired) electrons. The molecule has 0 amide bonds. The van der Waals surface area contributed by atoms with Crippen LogP contribution in [0.5, 0.6) is 0 Å². The van der Waals surface area contributed by atoms with Crippen molar-refractivity contribution >= 4 is 0 Å². The van der Waals surface area contributed by atoms with E-state index in [9.17, 15) is 5.11 Å². The maximum Gasteiger partial charge on any atom is 0.0738 e. The van der Waals surface area contributed by atoms with E-state index in [0.29, 0.717) is 19.1 Å². The van der Waals surface area contributed by atoms with Gasteiger partial charge in [-0.1, -0.05) is 19.8 Å². The van der Waals surface area contributed by atoms with Gasteiger partial charge in [-0.3, -0.25) is 0 Å². The largest absolute Gasteiger partial charge is 0.389 e. The second-order valence-electron chi connectivity index (χ2n) is 6.18. The lowest BCUT2D eigenvalue weighted by Gasteiger charge is -2.50. The fourth-order valence-corrected chi connectivity index (χ4v) is 3.92. The second kappa shape index (κ2) is 5.25. The number of hydrogen-bond donors (Lipinski definition) is 2. The third-order valence-electron chi connectivity index (χ3n) is 5.01. The summed E-state index contributed by atoms with van der Waals surface area (Å²) in [7, 11) is 0. The van der Waals surface area contributed by atoms with Crippen molar-refractivity contribution in [2.24, 2.45) is 17.1 Å². The molecule has 1 heterocycles. The number of hydrogen-bond acceptors (Lipinski definition) is 3. The molecule has 1 aliphatic carbocycles. The average Bonchev–Trinajstić information content (AvgIpc) is 2.55. The highest BCUT2D eigenvalue weighted by Crippen LogP contribution is 2.50. The Kier molecular flexibility index (Phi) is 4.11. The molecule has 0 aromatic carbocycles. The van der Waals surface area contributed by atoms with Gasteiger partial charge in [-0.25, -0.2) is 0 Å². The molecule has 100 valence electrons. The van der Waals surface area contributed by atoms with Crippen molar-refractivity contribution in [1.82, 2.24) is 0 Å². The highest BCUT2D eigenvalue weighted by Gasteiger charge is 2.50. The maximum absolute atomic E-state index is 11.1. The lowest BCUT2D eigenvalue weighted by molar-refractivity contribution is -0.118. The number of nitrogens with two attached hydrogens (primary N) is 1. The Labute approximate surface area is 105 Å². The first-order valence-corrected chi connectivity index (χ1v) is 7.12. The Morgan fingerprint density at radius 3 is 2.76 bits per heavy atom. The summed E-state index contributed by atoms with van der Waals surface area (Å²) in [5.74, 6) is 0.695. The van der Waals surface area contributed by atoms with E-state index in [-0.39, 0.29) is 5.41 Å². The highest BCUT2D eigenvalue weighted by molar-refractivity contribution is 5.02. The van der Waals surface area contributed by atoms with E-state index >= 15 is 0 Å². The minimum absolute atomic E-state index is 0.0572. The normalized spacial score (nSPS) is 44.3. The SMILES string of the molecule is CC1CCCC(CN)(C2(O)CCCOCC2)C1. The van der Waals surface area contributed by atoms with E-state index < -0.39 is 5.60 Å². The number of ether oxygens (including phenoxy) is 1. The molecular formula is C14H27NO2. The molecule has 2 aliphatic rings. The van der Waals surface area contributed by atoms with Gasteiger partial charge in [0.15, 0.2) is 0 Å². The van der Waals surface area contributed by atoms with E-state index in [1.165, 1.54) is 12.8 Å². The van der Waals surface area contributed by atoms with Crippen LogP contribution in [0.15, 0.2) is 0 Å². The molecule has 0 bridgehead atoms. The zero-order chi connectivity index (χ0) is 12.4. The molecule has 3 N–H and O–H groups in total. The second-order valence-corrected chi connectivity index (χ2v) is 6.18. The van der Waals surface area contributed by atoms with E-state index in [4.69, 9.17) is 10.5 Å². The van der Waals surface area contributed by atoms with E-state index in [0.717, 1.165) is 38.7 Å². The molecule has 1 saturated carbocycles. The summed E-state index contributed by atoms with van der Waals surface area (Å²) in [4.78, 5) is 0. The van der Waals surface area contributed by atoms with Crippen molar-refractivity contribution in [3.05, 3.63) is 0 Å². The van der Waals surface area contributed by atoms with E-state index in [2.05, 4.69) is 6.92 Å². The van der Waals surface area contributed by atoms with Crippen molar-refractivity contribution in [1.29, 1.82) is 0 Å². The summed E-state index contributed by atoms with van der Waals surface area (Å²) in [6.07, 6.45) is 7.25. The molecule has 3 heteroatoms. The zero-order valence-corrected chi connectivity index (χ0v) is 11.1. The van der Waals surface area contributed by atoms with Crippen molar-refractivity contribution in [3.8, 4) is 0 Å². The van der Waals surface area contributed by atoms with Gasteiger partial charge < -0.3 is 15.6 Å². The quantitative estimate of drug-likeness (QED) is 0.778. The number of aliphatic hydroxyl groups is 1. The molecule has 3 nitrogen and oxygen atoms in total. The summed E-state index contributed by atoms with van der Waals surface area (Å²) < 4.78 is 5.50. The van der Waals surface area contributed by atoms with Gasteiger partial charge in [0, 0.05) is 31.6 Å². The van der Waals surface area contributed by atoms with Gasteiger partial charge in [0.25, 0.3) is 0 Å². The smallest absolute Gasteiger partial charge is 0.0738 e. The fourth-order valence-electron chi connectivity index (χ4n) is 3.92. The standard InChI is InChI=1S/C14H27NO2/c1-12-4-2-5-13(10-12,11-15)14(16)6-3-8-17-9-7-14/h12,16H,2-11,15H2,1H3. The number of rotatable bonds is 2. The minimum Gasteiger partial charge on any atom is -0.389 e. The van der Waals surface area contributed by atoms with Crippen LogP contribution in [0.1, 0.15) is 51.9 Å². The van der Waals surface area contributed by atoms with Crippen LogP contribution in [0.4, 0.5) is 0 Å². The first kappa shape index (κ1) is 13.3. The molecule has 0 aromatic heterocycles. The van der Waals surface area contributed by atoms with Crippen LogP contribution < -0.4 is 5.73 Å². The molecule has 1 aliphatic heterocycles. The average molecular weight is 241 g/mol. The molecule has 0 spiro atoms. The Morgan fingerprint density at radius 1 is 1.24 bits per heavy atom. The van der Waals surface area contributed by atoms with Gasteiger partial charge in [0.2, 0.25) is 0 Å². The first-order chi connectivity index (χ1) is 8.12. The van der Waals surface area contributed by atoms with Gasteiger partial charge in [-0.05, 0) is 31.6 Å². The monoisotopic (exact) mass is 241 g/mol. The summed E-state index contributed by atoms with van der Waals surface area (Å²) >= 11 is 0. The van der Waals surface area contributed by atoms with Gasteiger partial charge in [-0.2, -0.15) is 0 Å². The Bertz CT molecular complexity index is 249. The fraction of sp³-hybridized carbons (Fsp3) is 1.00. The first-order valence-electron chi connectivity index (χ1n) is 7.12. The van der Waals surface area contributed by atoms with Crippen molar-refractivity contribution in [3.63, 3.8) is 0 Å². The van der Waals surface area contributed by atoms with Crippen LogP contribution in [-0.2, 0) is 4.74 Å². The summed E-state index contributed by atoms with van der Waals surface area (Å²) in [6, 6.07) is 0. The van der Waals surface area contributed by atoms with Crippen molar-refractivity contribution in [2.45, 2.75) is 57.5 Å². The third-order valence-corrected chi connectivity index (χ3v) is 5.01. The molecule has 1 saturated heterocycles. The molecule has 0 aromatic rings. The predicted octanol–water partition coefficient (Wildman–Crippen LogP) is 2.07. The Balaban J connectivity index is 2.19. The summed E-state index contributed by atoms with van der Waals surface area (Å²) in [5.41, 5.74) is 5.42. The molecule has 3 atom stereocenters. The molecule has 2 rings (SSSR count). The topological polar surface area (TPSA) is 55.5 Å². The van der Waals surface area contributed by atoms with Crippen LogP contribution in [0.25, 0.3) is 0 Å². The summed E-state index contributed by atoms with van der Waals surface area (Å²) in [5, 5.41) is 11.1. The summed E-state index contributed by atoms with van der Waals surface area (Å²) in [6.45, 7) is 4.39. The van der Waals surface area contributed by atoms with Crippen LogP contribution in [0.3, 0.4) is 0 Å². The Morgan fingerprint density at radius 2 is 2.06 bits per heavy atom. The van der Waals surface area contributed by atoms with Crippen LogP contribution in [0, 0.1) is 11.3 Å². The lowest BCUT2D eigenvalue weighted by Crippen LogP contribution is -2.54. The molecule has 3 unspecified atom stereocenters.